The molecule has 0 bridgehead atoms. The van der Waals surface area contributed by atoms with Crippen molar-refractivity contribution in [2.75, 3.05) is 27.2 Å². The van der Waals surface area contributed by atoms with Gasteiger partial charge >= 0.3 is 0 Å². The highest BCUT2D eigenvalue weighted by Gasteiger charge is 2.29. The molecule has 7 heteroatoms. The van der Waals surface area contributed by atoms with Crippen molar-refractivity contribution in [3.05, 3.63) is 10.1 Å². The zero-order valence-electron chi connectivity index (χ0n) is 11.6. The van der Waals surface area contributed by atoms with Gasteiger partial charge in [0, 0.05) is 19.5 Å². The minimum Gasteiger partial charge on any atom is -0.355 e. The SMILES string of the molecule is CN(C)CCNC(=O)CC1CCCCC1O[N+](=O)[O-]. The molecule has 0 aromatic rings. The molecular weight excluding hydrogens is 250 g/mol. The van der Waals surface area contributed by atoms with Crippen molar-refractivity contribution in [1.29, 1.82) is 0 Å². The number of nitrogens with zero attached hydrogens (tertiary/aromatic N) is 2. The molecule has 2 unspecified atom stereocenters. The van der Waals surface area contributed by atoms with E-state index in [1.54, 1.807) is 0 Å². The first-order valence-electron chi connectivity index (χ1n) is 6.71. The third-order valence-electron chi connectivity index (χ3n) is 3.39. The second kappa shape index (κ2) is 7.93. The van der Waals surface area contributed by atoms with Crippen LogP contribution in [0.3, 0.4) is 0 Å². The first-order chi connectivity index (χ1) is 8.99. The van der Waals surface area contributed by atoms with E-state index in [0.29, 0.717) is 19.4 Å². The van der Waals surface area contributed by atoms with E-state index in [0.717, 1.165) is 25.8 Å². The van der Waals surface area contributed by atoms with Gasteiger partial charge in [-0.15, -0.1) is 10.1 Å². The molecule has 7 nitrogen and oxygen atoms in total. The van der Waals surface area contributed by atoms with Crippen LogP contribution in [0.5, 0.6) is 0 Å². The molecule has 110 valence electrons. The van der Waals surface area contributed by atoms with Crippen LogP contribution in [0, 0.1) is 16.0 Å². The van der Waals surface area contributed by atoms with Gasteiger partial charge in [-0.05, 0) is 32.9 Å². The second-order valence-electron chi connectivity index (χ2n) is 5.27. The van der Waals surface area contributed by atoms with E-state index in [1.807, 2.05) is 19.0 Å². The molecule has 0 aromatic carbocycles. The Hall–Kier alpha value is -1.37. The van der Waals surface area contributed by atoms with E-state index in [4.69, 9.17) is 0 Å². The third kappa shape index (κ3) is 6.37. The van der Waals surface area contributed by atoms with E-state index >= 15 is 0 Å². The molecule has 1 fully saturated rings. The van der Waals surface area contributed by atoms with Gasteiger partial charge in [-0.3, -0.25) is 4.79 Å². The van der Waals surface area contributed by atoms with Crippen molar-refractivity contribution in [2.45, 2.75) is 38.2 Å². The van der Waals surface area contributed by atoms with Crippen molar-refractivity contribution in [1.82, 2.24) is 10.2 Å². The van der Waals surface area contributed by atoms with Gasteiger partial charge in [-0.25, -0.2) is 0 Å². The zero-order valence-corrected chi connectivity index (χ0v) is 11.6. The summed E-state index contributed by atoms with van der Waals surface area (Å²) in [6.45, 7) is 1.38. The molecule has 0 heterocycles. The van der Waals surface area contributed by atoms with Crippen molar-refractivity contribution in [3.63, 3.8) is 0 Å². The predicted octanol–water partition coefficient (Wildman–Crippen LogP) is 0.821. The lowest BCUT2D eigenvalue weighted by Crippen LogP contribution is -2.36. The molecule has 1 aliphatic rings. The minimum atomic E-state index is -0.743. The number of carbonyl (C=O) groups is 1. The Kier molecular flexibility index (Phi) is 6.55. The number of nitrogens with one attached hydrogen (secondary N) is 1. The number of rotatable bonds is 7. The molecule has 0 aliphatic heterocycles. The first kappa shape index (κ1) is 15.7. The average molecular weight is 273 g/mol. The van der Waals surface area contributed by atoms with Gasteiger partial charge in [0.25, 0.3) is 5.09 Å². The summed E-state index contributed by atoms with van der Waals surface area (Å²) in [6.07, 6.45) is 3.30. The highest BCUT2D eigenvalue weighted by Crippen LogP contribution is 2.29. The number of hydrogen-bond donors (Lipinski definition) is 1. The quantitative estimate of drug-likeness (QED) is 0.548. The third-order valence-corrected chi connectivity index (χ3v) is 3.39. The van der Waals surface area contributed by atoms with Crippen molar-refractivity contribution in [2.24, 2.45) is 5.92 Å². The summed E-state index contributed by atoms with van der Waals surface area (Å²) in [5.74, 6) is -0.0933. The lowest BCUT2D eigenvalue weighted by atomic mass is 9.84. The molecule has 0 aromatic heterocycles. The number of likely N-dealkylation sites (N-methyl/N-ethyl adjacent to an activating group) is 1. The van der Waals surface area contributed by atoms with Crippen LogP contribution < -0.4 is 5.32 Å². The van der Waals surface area contributed by atoms with E-state index < -0.39 is 11.2 Å². The van der Waals surface area contributed by atoms with Crippen molar-refractivity contribution in [3.8, 4) is 0 Å². The van der Waals surface area contributed by atoms with Crippen LogP contribution >= 0.6 is 0 Å². The van der Waals surface area contributed by atoms with Crippen LogP contribution in [0.2, 0.25) is 0 Å². The van der Waals surface area contributed by atoms with E-state index in [9.17, 15) is 14.9 Å². The number of hydrogen-bond acceptors (Lipinski definition) is 5. The molecule has 1 saturated carbocycles. The van der Waals surface area contributed by atoms with E-state index in [-0.39, 0.29) is 11.8 Å². The molecule has 19 heavy (non-hydrogen) atoms. The van der Waals surface area contributed by atoms with Crippen LogP contribution in [0.1, 0.15) is 32.1 Å². The summed E-state index contributed by atoms with van der Waals surface area (Å²) in [6, 6.07) is 0. The standard InChI is InChI=1S/C12H23N3O4/c1-14(2)8-7-13-12(16)9-10-5-3-4-6-11(10)19-15(17)18/h10-11H,3-9H2,1-2H3,(H,13,16). The van der Waals surface area contributed by atoms with Gasteiger partial charge in [0.1, 0.15) is 6.10 Å². The molecule has 1 aliphatic carbocycles. The molecule has 2 atom stereocenters. The smallest absolute Gasteiger partial charge is 0.294 e. The van der Waals surface area contributed by atoms with Crippen LogP contribution in [-0.4, -0.2) is 49.2 Å². The average Bonchev–Trinajstić information content (AvgIpc) is 2.30. The highest BCUT2D eigenvalue weighted by atomic mass is 17.0. The summed E-state index contributed by atoms with van der Waals surface area (Å²) >= 11 is 0. The summed E-state index contributed by atoms with van der Waals surface area (Å²) in [5, 5.41) is 12.5. The van der Waals surface area contributed by atoms with Gasteiger partial charge in [0.05, 0.1) is 0 Å². The topological polar surface area (TPSA) is 84.7 Å². The van der Waals surface area contributed by atoms with Gasteiger partial charge in [-0.2, -0.15) is 0 Å². The fourth-order valence-corrected chi connectivity index (χ4v) is 2.39. The molecule has 0 saturated heterocycles. The Labute approximate surface area is 113 Å². The predicted molar refractivity (Wildman–Crippen MR) is 70.0 cm³/mol. The van der Waals surface area contributed by atoms with Crippen LogP contribution in [-0.2, 0) is 9.63 Å². The van der Waals surface area contributed by atoms with Gasteiger partial charge in [0.15, 0.2) is 0 Å². The molecule has 0 radical (unpaired) electrons. The van der Waals surface area contributed by atoms with Gasteiger partial charge in [-0.1, -0.05) is 12.8 Å². The molecule has 0 spiro atoms. The summed E-state index contributed by atoms with van der Waals surface area (Å²) in [5.41, 5.74) is 0. The summed E-state index contributed by atoms with van der Waals surface area (Å²) in [7, 11) is 3.88. The van der Waals surface area contributed by atoms with Crippen molar-refractivity contribution >= 4 is 5.91 Å². The maximum absolute atomic E-state index is 11.8. The second-order valence-corrected chi connectivity index (χ2v) is 5.27. The van der Waals surface area contributed by atoms with Gasteiger partial charge in [0.2, 0.25) is 5.91 Å². The Balaban J connectivity index is 2.34. The summed E-state index contributed by atoms with van der Waals surface area (Å²) < 4.78 is 0. The van der Waals surface area contributed by atoms with Crippen LogP contribution in [0.4, 0.5) is 0 Å². The summed E-state index contributed by atoms with van der Waals surface area (Å²) in [4.78, 5) is 28.9. The lowest BCUT2D eigenvalue weighted by molar-refractivity contribution is -0.771. The Morgan fingerprint density at radius 3 is 2.74 bits per heavy atom. The highest BCUT2D eigenvalue weighted by molar-refractivity contribution is 5.76. The molecule has 1 rings (SSSR count). The van der Waals surface area contributed by atoms with Crippen molar-refractivity contribution < 1.29 is 14.7 Å². The lowest BCUT2D eigenvalue weighted by Gasteiger charge is -2.29. The first-order valence-corrected chi connectivity index (χ1v) is 6.71. The van der Waals surface area contributed by atoms with Gasteiger partial charge < -0.3 is 15.1 Å². The molecule has 1 N–H and O–H groups in total. The van der Waals surface area contributed by atoms with Crippen LogP contribution in [0.15, 0.2) is 0 Å². The maximum atomic E-state index is 11.8. The Morgan fingerprint density at radius 2 is 2.11 bits per heavy atom. The molecular formula is C12H23N3O4. The largest absolute Gasteiger partial charge is 0.355 e. The Bertz CT molecular complexity index is 309. The normalized spacial score (nSPS) is 23.1. The monoisotopic (exact) mass is 273 g/mol. The number of carbonyl (C=O) groups excluding carboxylic acids is 1. The maximum Gasteiger partial charge on any atom is 0.294 e. The molecule has 1 amide bonds. The fourth-order valence-electron chi connectivity index (χ4n) is 2.39. The van der Waals surface area contributed by atoms with E-state index in [1.165, 1.54) is 0 Å². The Morgan fingerprint density at radius 1 is 1.42 bits per heavy atom. The minimum absolute atomic E-state index is 0.0430. The number of amides is 1. The van der Waals surface area contributed by atoms with Crippen LogP contribution in [0.25, 0.3) is 0 Å². The zero-order chi connectivity index (χ0) is 14.3. The van der Waals surface area contributed by atoms with E-state index in [2.05, 4.69) is 10.2 Å². The fraction of sp³-hybridized carbons (Fsp3) is 0.917.